The summed E-state index contributed by atoms with van der Waals surface area (Å²) in [5.41, 5.74) is 4.45. The highest BCUT2D eigenvalue weighted by molar-refractivity contribution is 7.15. The lowest BCUT2D eigenvalue weighted by Gasteiger charge is -2.25. The number of amides is 1. The molecule has 0 aliphatic carbocycles. The van der Waals surface area contributed by atoms with Crippen molar-refractivity contribution >= 4 is 28.3 Å². The molecular weight excluding hydrogens is 424 g/mol. The van der Waals surface area contributed by atoms with Crippen LogP contribution in [0.2, 0.25) is 0 Å². The second-order valence-corrected chi connectivity index (χ2v) is 9.06. The molecule has 2 aromatic heterocycles. The van der Waals surface area contributed by atoms with Crippen LogP contribution >= 0.6 is 11.3 Å². The van der Waals surface area contributed by atoms with Crippen molar-refractivity contribution in [2.24, 2.45) is 0 Å². The van der Waals surface area contributed by atoms with E-state index in [4.69, 9.17) is 4.74 Å². The van der Waals surface area contributed by atoms with Crippen LogP contribution in [0.15, 0.2) is 36.4 Å². The highest BCUT2D eigenvalue weighted by atomic mass is 32.1. The summed E-state index contributed by atoms with van der Waals surface area (Å²) in [7, 11) is 0. The molecule has 0 spiro atoms. The molecule has 0 atom stereocenters. The van der Waals surface area contributed by atoms with E-state index in [0.29, 0.717) is 17.3 Å². The third-order valence-corrected chi connectivity index (χ3v) is 6.67. The Bertz CT molecular complexity index is 1120. The quantitative estimate of drug-likeness (QED) is 0.550. The average molecular weight is 453 g/mol. The van der Waals surface area contributed by atoms with E-state index >= 15 is 0 Å². The number of carbonyl (C=O) groups excluding carboxylic acids is 2. The smallest absolute Gasteiger partial charge is 0.339 e. The lowest BCUT2D eigenvalue weighted by Crippen LogP contribution is -2.29. The van der Waals surface area contributed by atoms with Crippen LogP contribution in [0.5, 0.6) is 0 Å². The van der Waals surface area contributed by atoms with Gasteiger partial charge in [-0.05, 0) is 32.4 Å². The zero-order valence-corrected chi connectivity index (χ0v) is 19.5. The predicted octanol–water partition coefficient (Wildman–Crippen LogP) is 3.94. The maximum Gasteiger partial charge on any atom is 0.339 e. The fourth-order valence-corrected chi connectivity index (χ4v) is 5.11. The van der Waals surface area contributed by atoms with Gasteiger partial charge in [0.2, 0.25) is 5.91 Å². The van der Waals surface area contributed by atoms with Crippen molar-refractivity contribution in [3.63, 3.8) is 0 Å². The maximum absolute atomic E-state index is 12.7. The number of fused-ring (bicyclic) bond motifs is 1. The Kier molecular flexibility index (Phi) is 6.72. The van der Waals surface area contributed by atoms with Crippen LogP contribution < -0.4 is 5.32 Å². The van der Waals surface area contributed by atoms with Gasteiger partial charge < -0.3 is 14.6 Å². The topological polar surface area (TPSA) is 76.5 Å². The molecule has 1 aliphatic rings. The van der Waals surface area contributed by atoms with Crippen LogP contribution in [0.3, 0.4) is 0 Å². The number of aryl methyl sites for hydroxylation is 1. The number of anilines is 1. The number of nitrogens with zero attached hydrogens (tertiary/aromatic N) is 3. The summed E-state index contributed by atoms with van der Waals surface area (Å²) in [5, 5.41) is 3.58. The summed E-state index contributed by atoms with van der Waals surface area (Å²) in [6.45, 7) is 8.64. The van der Waals surface area contributed by atoms with Crippen LogP contribution in [-0.2, 0) is 35.6 Å². The Morgan fingerprint density at radius 3 is 2.75 bits per heavy atom. The van der Waals surface area contributed by atoms with Gasteiger partial charge in [-0.3, -0.25) is 9.69 Å². The highest BCUT2D eigenvalue weighted by Crippen LogP contribution is 2.29. The van der Waals surface area contributed by atoms with E-state index < -0.39 is 0 Å². The molecule has 168 valence electrons. The molecule has 0 fully saturated rings. The Morgan fingerprint density at radius 2 is 2.00 bits per heavy atom. The van der Waals surface area contributed by atoms with Gasteiger partial charge in [-0.15, -0.1) is 11.3 Å². The van der Waals surface area contributed by atoms with Gasteiger partial charge in [0.15, 0.2) is 5.13 Å². The number of benzene rings is 1. The van der Waals surface area contributed by atoms with E-state index in [1.807, 2.05) is 24.5 Å². The lowest BCUT2D eigenvalue weighted by atomic mass is 10.1. The summed E-state index contributed by atoms with van der Waals surface area (Å²) < 4.78 is 6.94. The lowest BCUT2D eigenvalue weighted by molar-refractivity contribution is -0.116. The first-order valence-corrected chi connectivity index (χ1v) is 11.6. The van der Waals surface area contributed by atoms with Crippen LogP contribution in [-0.4, -0.2) is 39.5 Å². The van der Waals surface area contributed by atoms with Crippen LogP contribution in [0.1, 0.15) is 44.8 Å². The van der Waals surface area contributed by atoms with Crippen LogP contribution in [0, 0.1) is 13.8 Å². The zero-order valence-electron chi connectivity index (χ0n) is 18.7. The minimum atomic E-state index is -0.361. The molecule has 0 bridgehead atoms. The molecule has 0 unspecified atom stereocenters. The largest absolute Gasteiger partial charge is 0.462 e. The number of nitrogens with one attached hydrogen (secondary N) is 1. The summed E-state index contributed by atoms with van der Waals surface area (Å²) in [5.74, 6) is -0.519. The number of thiazole rings is 1. The monoisotopic (exact) mass is 452 g/mol. The van der Waals surface area contributed by atoms with Gasteiger partial charge in [0, 0.05) is 42.3 Å². The van der Waals surface area contributed by atoms with Crippen molar-refractivity contribution in [2.75, 3.05) is 18.5 Å². The molecule has 0 saturated heterocycles. The molecule has 0 saturated carbocycles. The first kappa shape index (κ1) is 22.2. The number of carbonyl (C=O) groups is 2. The summed E-state index contributed by atoms with van der Waals surface area (Å²) in [4.78, 5) is 33.1. The molecule has 4 rings (SSSR count). The Balaban J connectivity index is 1.39. The summed E-state index contributed by atoms with van der Waals surface area (Å²) in [6, 6.07) is 12.2. The van der Waals surface area contributed by atoms with Gasteiger partial charge in [-0.1, -0.05) is 30.3 Å². The molecule has 32 heavy (non-hydrogen) atoms. The molecule has 7 nitrogen and oxygen atoms in total. The number of esters is 1. The number of hydrogen-bond acceptors (Lipinski definition) is 6. The second kappa shape index (κ2) is 9.67. The van der Waals surface area contributed by atoms with E-state index in [9.17, 15) is 9.59 Å². The molecule has 1 N–H and O–H groups in total. The fourth-order valence-electron chi connectivity index (χ4n) is 4.04. The Labute approximate surface area is 192 Å². The summed E-state index contributed by atoms with van der Waals surface area (Å²) >= 11 is 1.55. The first-order chi connectivity index (χ1) is 15.4. The van der Waals surface area contributed by atoms with Gasteiger partial charge in [0.05, 0.1) is 17.9 Å². The van der Waals surface area contributed by atoms with E-state index in [1.165, 1.54) is 10.4 Å². The van der Waals surface area contributed by atoms with E-state index in [2.05, 4.69) is 39.5 Å². The van der Waals surface area contributed by atoms with Crippen molar-refractivity contribution in [1.29, 1.82) is 0 Å². The van der Waals surface area contributed by atoms with Gasteiger partial charge in [-0.25, -0.2) is 9.78 Å². The van der Waals surface area contributed by atoms with Gasteiger partial charge in [0.1, 0.15) is 6.54 Å². The minimum Gasteiger partial charge on any atom is -0.462 e. The first-order valence-electron chi connectivity index (χ1n) is 10.8. The SMILES string of the molecule is CCOC(=O)c1cc(C)n(CC(=O)Nc2nc3c(s2)CN(Cc2ccccc2)CC3)c1C. The molecular formula is C24H28N4O3S. The van der Waals surface area contributed by atoms with Crippen molar-refractivity contribution < 1.29 is 14.3 Å². The maximum atomic E-state index is 12.7. The van der Waals surface area contributed by atoms with Gasteiger partial charge in [-0.2, -0.15) is 0 Å². The van der Waals surface area contributed by atoms with E-state index in [-0.39, 0.29) is 18.4 Å². The fraction of sp³-hybridized carbons (Fsp3) is 0.375. The van der Waals surface area contributed by atoms with Crippen LogP contribution in [0.25, 0.3) is 0 Å². The van der Waals surface area contributed by atoms with E-state index in [1.54, 1.807) is 24.3 Å². The number of hydrogen-bond donors (Lipinski definition) is 1. The normalized spacial score (nSPS) is 13.6. The van der Waals surface area contributed by atoms with Crippen molar-refractivity contribution in [3.05, 3.63) is 69.5 Å². The van der Waals surface area contributed by atoms with Crippen LogP contribution in [0.4, 0.5) is 5.13 Å². The third kappa shape index (κ3) is 4.92. The number of aromatic nitrogens is 2. The van der Waals surface area contributed by atoms with Crippen molar-refractivity contribution in [1.82, 2.24) is 14.5 Å². The molecule has 3 heterocycles. The predicted molar refractivity (Wildman–Crippen MR) is 125 cm³/mol. The van der Waals surface area contributed by atoms with E-state index in [0.717, 1.165) is 43.1 Å². The molecule has 0 radical (unpaired) electrons. The highest BCUT2D eigenvalue weighted by Gasteiger charge is 2.22. The molecule has 1 aromatic carbocycles. The number of rotatable bonds is 7. The molecule has 1 aliphatic heterocycles. The molecule has 3 aromatic rings. The van der Waals surface area contributed by atoms with Crippen molar-refractivity contribution in [2.45, 2.75) is 46.8 Å². The third-order valence-electron chi connectivity index (χ3n) is 5.68. The zero-order chi connectivity index (χ0) is 22.7. The Morgan fingerprint density at radius 1 is 1.22 bits per heavy atom. The minimum absolute atomic E-state index is 0.126. The Hall–Kier alpha value is -2.97. The molecule has 8 heteroatoms. The standard InChI is InChI=1S/C24H28N4O3S/c1-4-31-23(30)19-12-16(2)28(17(19)3)15-22(29)26-24-25-20-10-11-27(14-21(20)32-24)13-18-8-6-5-7-9-18/h5-9,12H,4,10-11,13-15H2,1-3H3,(H,25,26,29). The van der Waals surface area contributed by atoms with Gasteiger partial charge in [0.25, 0.3) is 0 Å². The second-order valence-electron chi connectivity index (χ2n) is 7.97. The molecule has 1 amide bonds. The summed E-state index contributed by atoms with van der Waals surface area (Å²) in [6.07, 6.45) is 0.882. The average Bonchev–Trinajstić information content (AvgIpc) is 3.29. The van der Waals surface area contributed by atoms with Gasteiger partial charge >= 0.3 is 5.97 Å². The number of ether oxygens (including phenoxy) is 1. The van der Waals surface area contributed by atoms with Crippen molar-refractivity contribution in [3.8, 4) is 0 Å².